The van der Waals surface area contributed by atoms with Crippen LogP contribution >= 0.6 is 0 Å². The fourth-order valence-electron chi connectivity index (χ4n) is 4.17. The van der Waals surface area contributed by atoms with Crippen molar-refractivity contribution in [3.63, 3.8) is 0 Å². The predicted octanol–water partition coefficient (Wildman–Crippen LogP) is 2.16. The normalized spacial score (nSPS) is 40.4. The third-order valence-electron chi connectivity index (χ3n) is 5.91. The van der Waals surface area contributed by atoms with Crippen molar-refractivity contribution in [2.45, 2.75) is 82.2 Å². The molecule has 0 spiro atoms. The van der Waals surface area contributed by atoms with Gasteiger partial charge in [-0.3, -0.25) is 0 Å². The van der Waals surface area contributed by atoms with Crippen molar-refractivity contribution in [2.24, 2.45) is 0 Å². The van der Waals surface area contributed by atoms with Gasteiger partial charge in [0.25, 0.3) is 0 Å². The highest BCUT2D eigenvalue weighted by molar-refractivity contribution is 5.17. The summed E-state index contributed by atoms with van der Waals surface area (Å²) in [4.78, 5) is 2.06. The molecular formula is C22H38N2O5. The van der Waals surface area contributed by atoms with Gasteiger partial charge in [0.05, 0.1) is 18.8 Å². The molecular weight excluding hydrogens is 372 g/mol. The van der Waals surface area contributed by atoms with Crippen LogP contribution < -0.4 is 5.32 Å². The van der Waals surface area contributed by atoms with E-state index in [1.54, 1.807) is 0 Å². The number of aliphatic hydroxyl groups excluding tert-OH is 1. The van der Waals surface area contributed by atoms with E-state index in [9.17, 15) is 5.11 Å². The first-order valence-electron chi connectivity index (χ1n) is 11.0. The Hall–Kier alpha value is -0.960. The van der Waals surface area contributed by atoms with Crippen molar-refractivity contribution < 1.29 is 24.1 Å². The van der Waals surface area contributed by atoms with Crippen molar-refractivity contribution in [1.82, 2.24) is 10.2 Å². The smallest absolute Gasteiger partial charge is 0.185 e. The van der Waals surface area contributed by atoms with Crippen molar-refractivity contribution in [2.75, 3.05) is 34.0 Å². The monoisotopic (exact) mass is 410 g/mol. The second kappa shape index (κ2) is 11.4. The number of rotatable bonds is 3. The summed E-state index contributed by atoms with van der Waals surface area (Å²) in [5, 5.41) is 14.0. The summed E-state index contributed by atoms with van der Waals surface area (Å²) in [6.07, 6.45) is 10.8. The predicted molar refractivity (Wildman–Crippen MR) is 111 cm³/mol. The van der Waals surface area contributed by atoms with E-state index in [-0.39, 0.29) is 24.4 Å². The van der Waals surface area contributed by atoms with Crippen LogP contribution in [0.4, 0.5) is 0 Å². The number of hydrogen-bond donors (Lipinski definition) is 2. The van der Waals surface area contributed by atoms with E-state index in [0.29, 0.717) is 13.3 Å². The molecule has 0 aromatic carbocycles. The Kier molecular flexibility index (Phi) is 8.96. The van der Waals surface area contributed by atoms with Gasteiger partial charge in [0.1, 0.15) is 18.9 Å². The molecule has 0 aromatic heterocycles. The Bertz CT molecular complexity index is 553. The first-order chi connectivity index (χ1) is 14.0. The molecule has 166 valence electrons. The Morgan fingerprint density at radius 1 is 1.24 bits per heavy atom. The summed E-state index contributed by atoms with van der Waals surface area (Å²) < 4.78 is 23.7. The fraction of sp³-hybridized carbons (Fsp3) is 0.818. The molecule has 0 radical (unpaired) electrons. The number of likely N-dealkylation sites (N-methyl/N-ethyl adjacent to an activating group) is 1. The number of ether oxygens (including phenoxy) is 4. The molecule has 29 heavy (non-hydrogen) atoms. The van der Waals surface area contributed by atoms with E-state index < -0.39 is 12.4 Å². The van der Waals surface area contributed by atoms with Crippen LogP contribution in [-0.4, -0.2) is 80.8 Å². The molecule has 0 bridgehead atoms. The van der Waals surface area contributed by atoms with Crippen LogP contribution in [0, 0.1) is 0 Å². The number of allylic oxidation sites excluding steroid dienone is 3. The third-order valence-corrected chi connectivity index (χ3v) is 5.91. The molecule has 2 N–H and O–H groups in total. The lowest BCUT2D eigenvalue weighted by Crippen LogP contribution is -2.54. The zero-order valence-electron chi connectivity index (χ0n) is 18.1. The van der Waals surface area contributed by atoms with E-state index in [0.717, 1.165) is 50.8 Å². The van der Waals surface area contributed by atoms with E-state index >= 15 is 0 Å². The Balaban J connectivity index is 1.59. The van der Waals surface area contributed by atoms with Crippen LogP contribution in [0.3, 0.4) is 0 Å². The molecule has 3 unspecified atom stereocenters. The maximum absolute atomic E-state index is 10.8. The lowest BCUT2D eigenvalue weighted by atomic mass is 9.99. The maximum atomic E-state index is 10.8. The van der Waals surface area contributed by atoms with Crippen molar-refractivity contribution in [3.05, 3.63) is 23.9 Å². The van der Waals surface area contributed by atoms with Gasteiger partial charge >= 0.3 is 0 Å². The number of nitrogens with one attached hydrogen (secondary N) is 1. The topological polar surface area (TPSA) is 72.4 Å². The van der Waals surface area contributed by atoms with Crippen molar-refractivity contribution in [1.29, 1.82) is 0 Å². The molecule has 2 fully saturated rings. The van der Waals surface area contributed by atoms with E-state index in [1.807, 2.05) is 21.0 Å². The van der Waals surface area contributed by atoms with Gasteiger partial charge in [0, 0.05) is 18.3 Å². The number of nitrogens with zero attached hydrogens (tertiary/aromatic N) is 1. The number of aliphatic hydroxyl groups is 1. The van der Waals surface area contributed by atoms with Crippen LogP contribution in [0.25, 0.3) is 0 Å². The van der Waals surface area contributed by atoms with Crippen LogP contribution in [0.15, 0.2) is 23.9 Å². The van der Waals surface area contributed by atoms with Gasteiger partial charge in [0.15, 0.2) is 6.29 Å². The van der Waals surface area contributed by atoms with Crippen LogP contribution in [-0.2, 0) is 18.9 Å². The maximum Gasteiger partial charge on any atom is 0.185 e. The highest BCUT2D eigenvalue weighted by Crippen LogP contribution is 2.27. The highest BCUT2D eigenvalue weighted by atomic mass is 16.7. The Morgan fingerprint density at radius 2 is 2.10 bits per heavy atom. The molecule has 0 aliphatic carbocycles. The molecule has 3 aliphatic heterocycles. The van der Waals surface area contributed by atoms with Gasteiger partial charge in [0.2, 0.25) is 0 Å². The van der Waals surface area contributed by atoms with Gasteiger partial charge in [-0.2, -0.15) is 0 Å². The zero-order chi connectivity index (χ0) is 20.6. The van der Waals surface area contributed by atoms with Gasteiger partial charge < -0.3 is 34.3 Å². The van der Waals surface area contributed by atoms with Crippen LogP contribution in [0.5, 0.6) is 0 Å². The summed E-state index contributed by atoms with van der Waals surface area (Å²) in [5.41, 5.74) is 1.08. The summed E-state index contributed by atoms with van der Waals surface area (Å²) >= 11 is 0. The zero-order valence-corrected chi connectivity index (χ0v) is 18.1. The fourth-order valence-corrected chi connectivity index (χ4v) is 4.17. The molecule has 0 saturated carbocycles. The minimum absolute atomic E-state index is 0.00948. The van der Waals surface area contributed by atoms with E-state index in [1.165, 1.54) is 0 Å². The number of hydrogen-bond acceptors (Lipinski definition) is 7. The number of fused-ring (bicyclic) bond motifs is 1. The quantitative estimate of drug-likeness (QED) is 0.739. The molecule has 7 nitrogen and oxygen atoms in total. The summed E-state index contributed by atoms with van der Waals surface area (Å²) in [7, 11) is 4.00. The van der Waals surface area contributed by atoms with Gasteiger partial charge in [-0.15, -0.1) is 0 Å². The molecule has 7 heteroatoms. The first kappa shape index (κ1) is 22.7. The Labute approximate surface area is 175 Å². The lowest BCUT2D eigenvalue weighted by Gasteiger charge is -2.42. The van der Waals surface area contributed by atoms with Gasteiger partial charge in [-0.05, 0) is 65.6 Å². The molecule has 0 amide bonds. The molecule has 2 saturated heterocycles. The largest absolute Gasteiger partial charge is 0.386 e. The molecule has 6 atom stereocenters. The van der Waals surface area contributed by atoms with Crippen LogP contribution in [0.1, 0.15) is 45.4 Å². The second-order valence-electron chi connectivity index (χ2n) is 8.51. The molecule has 3 rings (SSSR count). The average Bonchev–Trinajstić information content (AvgIpc) is 3.13. The van der Waals surface area contributed by atoms with Gasteiger partial charge in [-0.1, -0.05) is 12.2 Å². The SMILES string of the molecule is C[C@@H]1C[C@H](N(C)C)[C@@H](O)C(OC2CC/C=C\C=C3\NCOC3COCCCC2)O1. The summed E-state index contributed by atoms with van der Waals surface area (Å²) in [5.74, 6) is 0. The third kappa shape index (κ3) is 6.77. The Morgan fingerprint density at radius 3 is 2.93 bits per heavy atom. The molecule has 3 aliphatic rings. The van der Waals surface area contributed by atoms with Crippen molar-refractivity contribution >= 4 is 0 Å². The average molecular weight is 411 g/mol. The first-order valence-corrected chi connectivity index (χ1v) is 11.0. The standard InChI is InChI=1S/C22H38N2O5/c1-16-13-19(24(2)3)21(25)22(28-16)29-17-9-5-4-6-11-18-20(27-15-23-18)14-26-12-8-7-10-17/h4,6,11,16-17,19-23,25H,5,7-10,12-15H2,1-3H3/b6-4-,18-11+/t16-,17?,19+,20?,21-,22?/m1/s1. The summed E-state index contributed by atoms with van der Waals surface area (Å²) in [6, 6.07) is 0.0521. The highest BCUT2D eigenvalue weighted by Gasteiger charge is 2.39. The van der Waals surface area contributed by atoms with E-state index in [4.69, 9.17) is 18.9 Å². The minimum Gasteiger partial charge on any atom is -0.386 e. The minimum atomic E-state index is -0.636. The van der Waals surface area contributed by atoms with Crippen molar-refractivity contribution in [3.8, 4) is 0 Å². The van der Waals surface area contributed by atoms with Gasteiger partial charge in [-0.25, -0.2) is 0 Å². The molecule has 0 aromatic rings. The lowest BCUT2D eigenvalue weighted by molar-refractivity contribution is -0.269. The molecule has 3 heterocycles. The summed E-state index contributed by atoms with van der Waals surface area (Å²) in [6.45, 7) is 3.89. The van der Waals surface area contributed by atoms with Crippen LogP contribution in [0.2, 0.25) is 0 Å². The van der Waals surface area contributed by atoms with E-state index in [2.05, 4.69) is 28.4 Å². The second-order valence-corrected chi connectivity index (χ2v) is 8.51.